The minimum absolute atomic E-state index is 0.0617. The lowest BCUT2D eigenvalue weighted by atomic mass is 10.1. The SMILES string of the molecule is C[C@@H](N)c1ccc(Br)cc1OCc1ccc(Cl)cc1. The quantitative estimate of drug-likeness (QED) is 0.875. The summed E-state index contributed by atoms with van der Waals surface area (Å²) >= 11 is 9.30. The second-order valence-electron chi connectivity index (χ2n) is 4.39. The molecule has 0 radical (unpaired) electrons. The van der Waals surface area contributed by atoms with E-state index in [4.69, 9.17) is 22.1 Å². The maximum atomic E-state index is 5.94. The lowest BCUT2D eigenvalue weighted by Crippen LogP contribution is -2.08. The van der Waals surface area contributed by atoms with Gasteiger partial charge in [0, 0.05) is 21.1 Å². The van der Waals surface area contributed by atoms with Crippen molar-refractivity contribution in [2.75, 3.05) is 0 Å². The minimum Gasteiger partial charge on any atom is -0.489 e. The first-order valence-electron chi connectivity index (χ1n) is 5.98. The lowest BCUT2D eigenvalue weighted by Gasteiger charge is -2.14. The van der Waals surface area contributed by atoms with Crippen LogP contribution in [0.15, 0.2) is 46.9 Å². The van der Waals surface area contributed by atoms with Crippen molar-refractivity contribution in [3.8, 4) is 5.75 Å². The molecular weight excluding hydrogens is 326 g/mol. The Labute approximate surface area is 126 Å². The van der Waals surface area contributed by atoms with E-state index >= 15 is 0 Å². The number of rotatable bonds is 4. The van der Waals surface area contributed by atoms with Crippen molar-refractivity contribution in [1.29, 1.82) is 0 Å². The molecule has 0 spiro atoms. The fourth-order valence-electron chi connectivity index (χ4n) is 1.75. The lowest BCUT2D eigenvalue weighted by molar-refractivity contribution is 0.301. The fraction of sp³-hybridized carbons (Fsp3) is 0.200. The Kier molecular flexibility index (Phi) is 4.86. The molecule has 0 bridgehead atoms. The molecule has 0 amide bonds. The van der Waals surface area contributed by atoms with Gasteiger partial charge in [0.05, 0.1) is 0 Å². The van der Waals surface area contributed by atoms with Crippen LogP contribution in [0.25, 0.3) is 0 Å². The normalized spacial score (nSPS) is 12.2. The molecule has 0 fully saturated rings. The molecule has 2 aromatic carbocycles. The van der Waals surface area contributed by atoms with Crippen molar-refractivity contribution in [1.82, 2.24) is 0 Å². The third kappa shape index (κ3) is 3.96. The molecule has 2 N–H and O–H groups in total. The molecule has 0 unspecified atom stereocenters. The van der Waals surface area contributed by atoms with Crippen LogP contribution in [0.1, 0.15) is 24.1 Å². The van der Waals surface area contributed by atoms with Gasteiger partial charge < -0.3 is 10.5 Å². The zero-order valence-corrected chi connectivity index (χ0v) is 12.9. The summed E-state index contributed by atoms with van der Waals surface area (Å²) < 4.78 is 6.83. The smallest absolute Gasteiger partial charge is 0.125 e. The molecule has 0 saturated heterocycles. The molecular formula is C15H15BrClNO. The Morgan fingerprint density at radius 3 is 2.53 bits per heavy atom. The number of nitrogens with two attached hydrogens (primary N) is 1. The van der Waals surface area contributed by atoms with Crippen LogP contribution in [0.5, 0.6) is 5.75 Å². The number of ether oxygens (including phenoxy) is 1. The molecule has 0 aliphatic carbocycles. The Morgan fingerprint density at radius 1 is 1.21 bits per heavy atom. The predicted octanol–water partition coefficient (Wildman–Crippen LogP) is 4.70. The monoisotopic (exact) mass is 339 g/mol. The Balaban J connectivity index is 2.14. The highest BCUT2D eigenvalue weighted by molar-refractivity contribution is 9.10. The van der Waals surface area contributed by atoms with Gasteiger partial charge in [-0.05, 0) is 36.8 Å². The van der Waals surface area contributed by atoms with E-state index < -0.39 is 0 Å². The largest absolute Gasteiger partial charge is 0.489 e. The highest BCUT2D eigenvalue weighted by Crippen LogP contribution is 2.28. The molecule has 4 heteroatoms. The Morgan fingerprint density at radius 2 is 1.89 bits per heavy atom. The molecule has 100 valence electrons. The summed E-state index contributed by atoms with van der Waals surface area (Å²) in [6.45, 7) is 2.44. The molecule has 0 aromatic heterocycles. The van der Waals surface area contributed by atoms with Gasteiger partial charge in [-0.1, -0.05) is 45.7 Å². The van der Waals surface area contributed by atoms with Gasteiger partial charge in [0.15, 0.2) is 0 Å². The van der Waals surface area contributed by atoms with E-state index in [-0.39, 0.29) is 6.04 Å². The average Bonchev–Trinajstić information content (AvgIpc) is 2.38. The Bertz CT molecular complexity index is 555. The molecule has 2 aromatic rings. The van der Waals surface area contributed by atoms with Crippen molar-refractivity contribution in [3.63, 3.8) is 0 Å². The highest BCUT2D eigenvalue weighted by atomic mass is 79.9. The second kappa shape index (κ2) is 6.42. The van der Waals surface area contributed by atoms with Crippen molar-refractivity contribution in [2.45, 2.75) is 19.6 Å². The van der Waals surface area contributed by atoms with E-state index in [0.29, 0.717) is 6.61 Å². The number of hydrogen-bond donors (Lipinski definition) is 1. The highest BCUT2D eigenvalue weighted by Gasteiger charge is 2.09. The van der Waals surface area contributed by atoms with Gasteiger partial charge in [0.2, 0.25) is 0 Å². The van der Waals surface area contributed by atoms with Crippen LogP contribution in [0.4, 0.5) is 0 Å². The van der Waals surface area contributed by atoms with Crippen molar-refractivity contribution in [2.24, 2.45) is 5.73 Å². The standard InChI is InChI=1S/C15H15BrClNO/c1-10(18)14-7-4-12(16)8-15(14)19-9-11-2-5-13(17)6-3-11/h2-8,10H,9,18H2,1H3/t10-/m1/s1. The van der Waals surface area contributed by atoms with E-state index in [1.165, 1.54) is 0 Å². The fourth-order valence-corrected chi connectivity index (χ4v) is 2.22. The number of benzene rings is 2. The van der Waals surface area contributed by atoms with Crippen molar-refractivity contribution in [3.05, 3.63) is 63.1 Å². The maximum absolute atomic E-state index is 5.94. The van der Waals surface area contributed by atoms with Gasteiger partial charge in [-0.15, -0.1) is 0 Å². The summed E-state index contributed by atoms with van der Waals surface area (Å²) in [7, 11) is 0. The maximum Gasteiger partial charge on any atom is 0.125 e. The van der Waals surface area contributed by atoms with Gasteiger partial charge in [0.1, 0.15) is 12.4 Å². The Hall–Kier alpha value is -1.03. The first-order valence-corrected chi connectivity index (χ1v) is 7.15. The zero-order valence-electron chi connectivity index (χ0n) is 10.6. The third-order valence-corrected chi connectivity index (χ3v) is 3.52. The van der Waals surface area contributed by atoms with Crippen LogP contribution in [0.3, 0.4) is 0 Å². The molecule has 0 aliphatic heterocycles. The first-order chi connectivity index (χ1) is 9.06. The third-order valence-electron chi connectivity index (χ3n) is 2.77. The molecule has 1 atom stereocenters. The first kappa shape index (κ1) is 14.4. The van der Waals surface area contributed by atoms with E-state index in [0.717, 1.165) is 26.4 Å². The summed E-state index contributed by atoms with van der Waals surface area (Å²) in [5.74, 6) is 0.805. The molecule has 2 rings (SSSR count). The molecule has 0 saturated carbocycles. The topological polar surface area (TPSA) is 35.2 Å². The second-order valence-corrected chi connectivity index (χ2v) is 5.74. The summed E-state index contributed by atoms with van der Waals surface area (Å²) in [6, 6.07) is 13.4. The summed E-state index contributed by atoms with van der Waals surface area (Å²) in [5.41, 5.74) is 8.01. The van der Waals surface area contributed by atoms with E-state index in [1.807, 2.05) is 49.4 Å². The van der Waals surface area contributed by atoms with Crippen LogP contribution in [0, 0.1) is 0 Å². The van der Waals surface area contributed by atoms with Gasteiger partial charge >= 0.3 is 0 Å². The predicted molar refractivity (Wildman–Crippen MR) is 82.5 cm³/mol. The molecule has 19 heavy (non-hydrogen) atoms. The number of halogens is 2. The van der Waals surface area contributed by atoms with Crippen LogP contribution < -0.4 is 10.5 Å². The average molecular weight is 341 g/mol. The zero-order chi connectivity index (χ0) is 13.8. The van der Waals surface area contributed by atoms with E-state index in [2.05, 4.69) is 15.9 Å². The summed E-state index contributed by atoms with van der Waals surface area (Å²) in [5, 5.41) is 0.725. The van der Waals surface area contributed by atoms with Crippen LogP contribution in [-0.4, -0.2) is 0 Å². The van der Waals surface area contributed by atoms with Crippen molar-refractivity contribution >= 4 is 27.5 Å². The van der Waals surface area contributed by atoms with Crippen LogP contribution in [-0.2, 0) is 6.61 Å². The molecule has 0 aliphatic rings. The van der Waals surface area contributed by atoms with Crippen LogP contribution >= 0.6 is 27.5 Å². The summed E-state index contributed by atoms with van der Waals surface area (Å²) in [6.07, 6.45) is 0. The van der Waals surface area contributed by atoms with Gasteiger partial charge in [-0.25, -0.2) is 0 Å². The summed E-state index contributed by atoms with van der Waals surface area (Å²) in [4.78, 5) is 0. The van der Waals surface area contributed by atoms with Gasteiger partial charge in [-0.3, -0.25) is 0 Å². The minimum atomic E-state index is -0.0617. The number of hydrogen-bond acceptors (Lipinski definition) is 2. The molecule has 2 nitrogen and oxygen atoms in total. The van der Waals surface area contributed by atoms with Crippen LogP contribution in [0.2, 0.25) is 5.02 Å². The van der Waals surface area contributed by atoms with E-state index in [9.17, 15) is 0 Å². The van der Waals surface area contributed by atoms with Crippen molar-refractivity contribution < 1.29 is 4.74 Å². The molecule has 0 heterocycles. The van der Waals surface area contributed by atoms with Gasteiger partial charge in [0.25, 0.3) is 0 Å². The van der Waals surface area contributed by atoms with E-state index in [1.54, 1.807) is 0 Å². The van der Waals surface area contributed by atoms with Gasteiger partial charge in [-0.2, -0.15) is 0 Å².